The standard InChI is InChI=1S/C41H56Br4N6O9/c42-21-31-17-28(18-32(22-43)50-31)38(52)48-25-30(26-49-39(53)29-19-33(23-44)51-34(20-29)24-45)40(54)46-7-9-56-11-13-58-15-16-59-14-12-57-10-8-47-41(55)60-27-37-35-5-3-1-2-4-6-36(35)37/h1-2,17-20,30,35-37H,3-16,21-27H2,(H,46,54)(H,47,55)(H,48,52)(H,49,53)/b2-1-. The third-order valence-electron chi connectivity index (χ3n) is 9.92. The van der Waals surface area contributed by atoms with E-state index < -0.39 is 12.0 Å². The van der Waals surface area contributed by atoms with Crippen molar-refractivity contribution in [2.75, 3.05) is 85.6 Å². The molecule has 0 saturated heterocycles. The van der Waals surface area contributed by atoms with Gasteiger partial charge in [0.05, 0.1) is 88.2 Å². The molecule has 0 bridgehead atoms. The number of carbonyl (C=O) groups is 4. The Morgan fingerprint density at radius 1 is 0.583 bits per heavy atom. The lowest BCUT2D eigenvalue weighted by molar-refractivity contribution is -0.124. The van der Waals surface area contributed by atoms with E-state index in [2.05, 4.69) is 107 Å². The molecule has 4 N–H and O–H groups in total. The van der Waals surface area contributed by atoms with E-state index in [0.29, 0.717) is 132 Å². The number of carbonyl (C=O) groups excluding carboxylic acids is 4. The molecule has 0 aromatic carbocycles. The minimum atomic E-state index is -0.776. The number of ether oxygens (including phenoxy) is 5. The Bertz CT molecular complexity index is 1560. The lowest BCUT2D eigenvalue weighted by Crippen LogP contribution is -2.45. The Kier molecular flexibility index (Phi) is 24.2. The first-order valence-corrected chi connectivity index (χ1v) is 24.7. The van der Waals surface area contributed by atoms with Gasteiger partial charge in [0, 0.05) is 58.6 Å². The molecule has 0 radical (unpaired) electrons. The first kappa shape index (κ1) is 50.1. The van der Waals surface area contributed by atoms with Crippen LogP contribution in [0.3, 0.4) is 0 Å². The van der Waals surface area contributed by atoms with Crippen LogP contribution in [0.25, 0.3) is 0 Å². The van der Waals surface area contributed by atoms with Crippen LogP contribution in [-0.4, -0.2) is 119 Å². The number of pyridine rings is 2. The fourth-order valence-electron chi connectivity index (χ4n) is 6.77. The van der Waals surface area contributed by atoms with E-state index in [1.807, 2.05) is 0 Å². The fourth-order valence-corrected chi connectivity index (χ4v) is 7.92. The van der Waals surface area contributed by atoms with E-state index in [0.717, 1.165) is 12.8 Å². The SMILES string of the molecule is O=C(NCCOCCOCCOCCOCCNC(=O)C(CNC(=O)c1cc(CBr)nc(CBr)c1)CNC(=O)c1cc(CBr)nc(CBr)c1)OCC1C2CC/C=C\CCC21. The van der Waals surface area contributed by atoms with Gasteiger partial charge in [-0.15, -0.1) is 0 Å². The lowest BCUT2D eigenvalue weighted by atomic mass is 10.1. The van der Waals surface area contributed by atoms with E-state index in [9.17, 15) is 19.2 Å². The second-order valence-electron chi connectivity index (χ2n) is 14.2. The van der Waals surface area contributed by atoms with Gasteiger partial charge >= 0.3 is 6.09 Å². The normalized spacial score (nSPS) is 17.5. The van der Waals surface area contributed by atoms with Crippen molar-refractivity contribution in [1.82, 2.24) is 31.2 Å². The summed E-state index contributed by atoms with van der Waals surface area (Å²) in [6, 6.07) is 6.75. The Morgan fingerprint density at radius 3 is 1.40 bits per heavy atom. The number of hydrogen-bond donors (Lipinski definition) is 4. The second kappa shape index (κ2) is 29.0. The van der Waals surface area contributed by atoms with Gasteiger partial charge in [-0.2, -0.15) is 0 Å². The summed E-state index contributed by atoms with van der Waals surface area (Å²) in [5.41, 5.74) is 3.64. The summed E-state index contributed by atoms with van der Waals surface area (Å²) < 4.78 is 27.7. The molecule has 2 heterocycles. The van der Waals surface area contributed by atoms with Gasteiger partial charge < -0.3 is 45.0 Å². The molecule has 2 aliphatic rings. The summed E-state index contributed by atoms with van der Waals surface area (Å²) in [6.45, 7) is 3.89. The first-order chi connectivity index (χ1) is 29.3. The van der Waals surface area contributed by atoms with Crippen LogP contribution in [0.1, 0.15) is 69.2 Å². The summed E-state index contributed by atoms with van der Waals surface area (Å²) >= 11 is 13.6. The topological polar surface area (TPSA) is 188 Å². The summed E-state index contributed by atoms with van der Waals surface area (Å²) in [4.78, 5) is 60.5. The first-order valence-electron chi connectivity index (χ1n) is 20.2. The van der Waals surface area contributed by atoms with Crippen LogP contribution in [0, 0.1) is 23.7 Å². The monoisotopic (exact) mass is 1090 g/mol. The molecule has 2 unspecified atom stereocenters. The minimum Gasteiger partial charge on any atom is -0.449 e. The smallest absolute Gasteiger partial charge is 0.407 e. The average Bonchev–Trinajstić information content (AvgIpc) is 3.92. The molecule has 60 heavy (non-hydrogen) atoms. The van der Waals surface area contributed by atoms with Gasteiger partial charge in [0.15, 0.2) is 0 Å². The van der Waals surface area contributed by atoms with Crippen molar-refractivity contribution >= 4 is 87.5 Å². The highest BCUT2D eigenvalue weighted by Crippen LogP contribution is 2.52. The largest absolute Gasteiger partial charge is 0.449 e. The van der Waals surface area contributed by atoms with Crippen LogP contribution < -0.4 is 21.3 Å². The molecular formula is C41H56Br4N6O9. The Morgan fingerprint density at radius 2 is 0.983 bits per heavy atom. The van der Waals surface area contributed by atoms with Crippen LogP contribution in [0.4, 0.5) is 4.79 Å². The van der Waals surface area contributed by atoms with Crippen LogP contribution >= 0.6 is 63.7 Å². The number of halogens is 4. The second-order valence-corrected chi connectivity index (χ2v) is 16.5. The van der Waals surface area contributed by atoms with Crippen molar-refractivity contribution in [3.63, 3.8) is 0 Å². The van der Waals surface area contributed by atoms with E-state index in [-0.39, 0.29) is 44.0 Å². The summed E-state index contributed by atoms with van der Waals surface area (Å²) in [5.74, 6) is 0.0440. The summed E-state index contributed by atoms with van der Waals surface area (Å²) in [6.07, 6.45) is 8.75. The van der Waals surface area contributed by atoms with E-state index >= 15 is 0 Å². The molecule has 332 valence electrons. The van der Waals surface area contributed by atoms with Gasteiger partial charge in [0.1, 0.15) is 0 Å². The predicted molar refractivity (Wildman–Crippen MR) is 241 cm³/mol. The van der Waals surface area contributed by atoms with Crippen molar-refractivity contribution in [2.45, 2.75) is 47.0 Å². The number of aromatic nitrogens is 2. The van der Waals surface area contributed by atoms with Crippen LogP contribution in [0.5, 0.6) is 0 Å². The highest BCUT2D eigenvalue weighted by Gasteiger charge is 2.49. The van der Waals surface area contributed by atoms with Crippen LogP contribution in [0.2, 0.25) is 0 Å². The van der Waals surface area contributed by atoms with Gasteiger partial charge in [0.2, 0.25) is 5.91 Å². The van der Waals surface area contributed by atoms with Gasteiger partial charge in [0.25, 0.3) is 11.8 Å². The average molecular weight is 1100 g/mol. The zero-order valence-corrected chi connectivity index (χ0v) is 40.0. The molecule has 2 aromatic heterocycles. The number of nitrogens with one attached hydrogen (secondary N) is 4. The zero-order chi connectivity index (χ0) is 43.0. The summed E-state index contributed by atoms with van der Waals surface area (Å²) in [7, 11) is 0. The summed E-state index contributed by atoms with van der Waals surface area (Å²) in [5, 5.41) is 13.2. The van der Waals surface area contributed by atoms with Gasteiger partial charge in [-0.3, -0.25) is 24.4 Å². The number of amides is 4. The van der Waals surface area contributed by atoms with E-state index in [4.69, 9.17) is 23.7 Å². The van der Waals surface area contributed by atoms with Gasteiger partial charge in [-0.25, -0.2) is 4.79 Å². The zero-order valence-electron chi connectivity index (χ0n) is 33.7. The number of fused-ring (bicyclic) bond motifs is 1. The van der Waals surface area contributed by atoms with Crippen molar-refractivity contribution in [3.8, 4) is 0 Å². The van der Waals surface area contributed by atoms with Gasteiger partial charge in [-0.05, 0) is 67.7 Å². The molecular weight excluding hydrogens is 1040 g/mol. The van der Waals surface area contributed by atoms with Crippen LogP contribution in [-0.2, 0) is 49.8 Å². The lowest BCUT2D eigenvalue weighted by Gasteiger charge is -2.19. The number of rotatable bonds is 28. The maximum atomic E-state index is 13.3. The molecule has 2 aromatic rings. The van der Waals surface area contributed by atoms with Gasteiger partial charge in [-0.1, -0.05) is 75.9 Å². The molecule has 4 amide bonds. The highest BCUT2D eigenvalue weighted by atomic mass is 79.9. The minimum absolute atomic E-state index is 0.0216. The van der Waals surface area contributed by atoms with Crippen molar-refractivity contribution in [3.05, 3.63) is 70.3 Å². The van der Waals surface area contributed by atoms with Crippen molar-refractivity contribution < 1.29 is 42.9 Å². The third-order valence-corrected chi connectivity index (χ3v) is 12.2. The number of alkyl carbamates (subject to hydrolysis) is 1. The number of allylic oxidation sites excluding steroid dienone is 2. The Hall–Kier alpha value is -2.52. The predicted octanol–water partition coefficient (Wildman–Crippen LogP) is 5.73. The molecule has 15 nitrogen and oxygen atoms in total. The molecule has 2 aliphatic carbocycles. The Labute approximate surface area is 385 Å². The maximum absolute atomic E-state index is 13.3. The van der Waals surface area contributed by atoms with Crippen molar-refractivity contribution in [1.29, 1.82) is 0 Å². The fraction of sp³-hybridized carbons (Fsp3) is 0.610. The number of hydrogen-bond acceptors (Lipinski definition) is 11. The Balaban J connectivity index is 1.05. The highest BCUT2D eigenvalue weighted by molar-refractivity contribution is 9.09. The number of alkyl halides is 4. The van der Waals surface area contributed by atoms with Crippen LogP contribution in [0.15, 0.2) is 36.4 Å². The van der Waals surface area contributed by atoms with Crippen molar-refractivity contribution in [2.24, 2.45) is 23.7 Å². The molecule has 1 saturated carbocycles. The van der Waals surface area contributed by atoms with E-state index in [1.165, 1.54) is 12.8 Å². The molecule has 1 fully saturated rings. The molecule has 0 aliphatic heterocycles. The van der Waals surface area contributed by atoms with E-state index in [1.54, 1.807) is 24.3 Å². The quantitative estimate of drug-likeness (QED) is 0.0463. The number of nitrogens with zero attached hydrogens (tertiary/aromatic N) is 2. The molecule has 19 heteroatoms. The molecule has 0 spiro atoms. The maximum Gasteiger partial charge on any atom is 0.407 e. The third kappa shape index (κ3) is 18.4. The molecule has 2 atom stereocenters. The molecule has 4 rings (SSSR count).